The van der Waals surface area contributed by atoms with E-state index >= 15 is 0 Å². The van der Waals surface area contributed by atoms with Gasteiger partial charge in [0, 0.05) is 0 Å². The number of anilines is 1. The fraction of sp³-hybridized carbons (Fsp3) is 0.250. The molecule has 0 spiro atoms. The predicted molar refractivity (Wildman–Crippen MR) is 120 cm³/mol. The highest BCUT2D eigenvalue weighted by atomic mass is 16.5. The van der Waals surface area contributed by atoms with Crippen molar-refractivity contribution in [2.24, 2.45) is 0 Å². The summed E-state index contributed by atoms with van der Waals surface area (Å²) in [6, 6.07) is 14.0. The van der Waals surface area contributed by atoms with Crippen molar-refractivity contribution >= 4 is 11.9 Å². The van der Waals surface area contributed by atoms with E-state index in [0.717, 1.165) is 22.4 Å². The van der Waals surface area contributed by atoms with E-state index in [2.05, 4.69) is 20.6 Å². The average Bonchev–Trinajstić information content (AvgIpc) is 3.36. The Kier molecular flexibility index (Phi) is 6.02. The number of ether oxygens (including phenoxy) is 1. The first-order chi connectivity index (χ1) is 15.4. The SMILES string of the molecule is Cc1ccc(C)c(OCc2c(C(=O)Nc3ncn(Cc4ccccc4C)n3)noc2C)c1. The van der Waals surface area contributed by atoms with Gasteiger partial charge in [-0.1, -0.05) is 41.6 Å². The van der Waals surface area contributed by atoms with Crippen LogP contribution in [-0.4, -0.2) is 25.8 Å². The van der Waals surface area contributed by atoms with Gasteiger partial charge < -0.3 is 9.26 Å². The lowest BCUT2D eigenvalue weighted by Gasteiger charge is -2.10. The van der Waals surface area contributed by atoms with Crippen molar-refractivity contribution in [2.45, 2.75) is 40.8 Å². The Labute approximate surface area is 186 Å². The van der Waals surface area contributed by atoms with Gasteiger partial charge in [-0.25, -0.2) is 9.67 Å². The minimum atomic E-state index is -0.449. The van der Waals surface area contributed by atoms with Crippen molar-refractivity contribution in [3.8, 4) is 5.75 Å². The number of aryl methyl sites for hydroxylation is 4. The lowest BCUT2D eigenvalue weighted by molar-refractivity contribution is 0.101. The van der Waals surface area contributed by atoms with E-state index < -0.39 is 5.91 Å². The molecule has 8 heteroatoms. The van der Waals surface area contributed by atoms with Gasteiger partial charge in [0.15, 0.2) is 5.69 Å². The smallest absolute Gasteiger partial charge is 0.280 e. The molecule has 0 fully saturated rings. The van der Waals surface area contributed by atoms with Gasteiger partial charge in [-0.05, 0) is 56.0 Å². The summed E-state index contributed by atoms with van der Waals surface area (Å²) in [7, 11) is 0. The summed E-state index contributed by atoms with van der Waals surface area (Å²) in [6.07, 6.45) is 1.58. The van der Waals surface area contributed by atoms with Crippen LogP contribution in [-0.2, 0) is 13.2 Å². The largest absolute Gasteiger partial charge is 0.488 e. The zero-order chi connectivity index (χ0) is 22.7. The quantitative estimate of drug-likeness (QED) is 0.467. The molecule has 0 aliphatic heterocycles. The zero-order valence-electron chi connectivity index (χ0n) is 18.5. The molecule has 1 amide bonds. The van der Waals surface area contributed by atoms with Gasteiger partial charge in [-0.2, -0.15) is 0 Å². The van der Waals surface area contributed by atoms with Gasteiger partial charge in [-0.15, -0.1) is 5.10 Å². The van der Waals surface area contributed by atoms with Crippen molar-refractivity contribution < 1.29 is 14.1 Å². The maximum atomic E-state index is 12.8. The van der Waals surface area contributed by atoms with Gasteiger partial charge in [0.2, 0.25) is 5.95 Å². The van der Waals surface area contributed by atoms with Crippen LogP contribution in [0.25, 0.3) is 0 Å². The highest BCUT2D eigenvalue weighted by Crippen LogP contribution is 2.23. The second kappa shape index (κ2) is 9.05. The van der Waals surface area contributed by atoms with Crippen LogP contribution in [0.3, 0.4) is 0 Å². The van der Waals surface area contributed by atoms with Crippen LogP contribution in [0.4, 0.5) is 5.95 Å². The number of amides is 1. The normalized spacial score (nSPS) is 10.9. The molecule has 32 heavy (non-hydrogen) atoms. The van der Waals surface area contributed by atoms with Crippen LogP contribution in [0.1, 0.15) is 44.1 Å². The van der Waals surface area contributed by atoms with Crippen LogP contribution in [0.15, 0.2) is 53.3 Å². The molecule has 0 bridgehead atoms. The number of nitrogens with one attached hydrogen (secondary N) is 1. The summed E-state index contributed by atoms with van der Waals surface area (Å²) in [6.45, 7) is 8.50. The second-order valence-corrected chi connectivity index (χ2v) is 7.77. The maximum Gasteiger partial charge on any atom is 0.280 e. The van der Waals surface area contributed by atoms with Crippen molar-refractivity contribution in [3.05, 3.63) is 88.1 Å². The van der Waals surface area contributed by atoms with E-state index in [4.69, 9.17) is 9.26 Å². The molecule has 4 aromatic rings. The molecule has 0 radical (unpaired) electrons. The summed E-state index contributed by atoms with van der Waals surface area (Å²) in [5, 5.41) is 11.0. The minimum Gasteiger partial charge on any atom is -0.488 e. The third kappa shape index (κ3) is 4.69. The van der Waals surface area contributed by atoms with Gasteiger partial charge in [0.25, 0.3) is 5.91 Å². The highest BCUT2D eigenvalue weighted by molar-refractivity contribution is 6.02. The van der Waals surface area contributed by atoms with E-state index in [1.165, 1.54) is 5.56 Å². The monoisotopic (exact) mass is 431 g/mol. The van der Waals surface area contributed by atoms with Gasteiger partial charge in [-0.3, -0.25) is 10.1 Å². The average molecular weight is 431 g/mol. The molecule has 2 aromatic carbocycles. The summed E-state index contributed by atoms with van der Waals surface area (Å²) in [5.74, 6) is 1.03. The van der Waals surface area contributed by atoms with Crippen LogP contribution in [0.5, 0.6) is 5.75 Å². The predicted octanol–water partition coefficient (Wildman–Crippen LogP) is 4.38. The lowest BCUT2D eigenvalue weighted by atomic mass is 10.1. The fourth-order valence-corrected chi connectivity index (χ4v) is 3.30. The summed E-state index contributed by atoms with van der Waals surface area (Å²) in [5.41, 5.74) is 5.15. The molecule has 2 aromatic heterocycles. The molecule has 0 unspecified atom stereocenters. The third-order valence-electron chi connectivity index (χ3n) is 5.27. The summed E-state index contributed by atoms with van der Waals surface area (Å²) in [4.78, 5) is 17.0. The molecule has 8 nitrogen and oxygen atoms in total. The Balaban J connectivity index is 1.45. The number of rotatable bonds is 7. The first-order valence-electron chi connectivity index (χ1n) is 10.3. The van der Waals surface area contributed by atoms with Crippen molar-refractivity contribution in [1.29, 1.82) is 0 Å². The second-order valence-electron chi connectivity index (χ2n) is 7.77. The minimum absolute atomic E-state index is 0.156. The fourth-order valence-electron chi connectivity index (χ4n) is 3.30. The van der Waals surface area contributed by atoms with Crippen molar-refractivity contribution in [1.82, 2.24) is 19.9 Å². The molecule has 0 aliphatic rings. The standard InChI is InChI=1S/C24H25N5O3/c1-15-9-10-17(3)21(11-15)31-13-20-18(4)32-28-22(20)23(30)26-24-25-14-29(27-24)12-19-8-6-5-7-16(19)2/h5-11,14H,12-13H2,1-4H3,(H,26,27,30). The van der Waals surface area contributed by atoms with E-state index in [1.54, 1.807) is 17.9 Å². The molecule has 164 valence electrons. The zero-order valence-corrected chi connectivity index (χ0v) is 18.5. The first-order valence-corrected chi connectivity index (χ1v) is 10.3. The maximum absolute atomic E-state index is 12.8. The third-order valence-corrected chi connectivity index (χ3v) is 5.27. The number of nitrogens with zero attached hydrogens (tertiary/aromatic N) is 4. The molecule has 0 saturated heterocycles. The summed E-state index contributed by atoms with van der Waals surface area (Å²) < 4.78 is 12.9. The van der Waals surface area contributed by atoms with Crippen molar-refractivity contribution in [3.63, 3.8) is 0 Å². The number of hydrogen-bond donors (Lipinski definition) is 1. The molecule has 0 saturated carbocycles. The van der Waals surface area contributed by atoms with Gasteiger partial charge in [0.05, 0.1) is 12.1 Å². The number of carbonyl (C=O) groups is 1. The Morgan fingerprint density at radius 3 is 2.72 bits per heavy atom. The Morgan fingerprint density at radius 1 is 1.09 bits per heavy atom. The number of benzene rings is 2. The lowest BCUT2D eigenvalue weighted by Crippen LogP contribution is -2.16. The Bertz CT molecular complexity index is 1260. The number of carbonyl (C=O) groups excluding carboxylic acids is 1. The molecule has 0 aliphatic carbocycles. The van der Waals surface area contributed by atoms with Crippen LogP contribution >= 0.6 is 0 Å². The van der Waals surface area contributed by atoms with Crippen LogP contribution in [0.2, 0.25) is 0 Å². The molecular weight excluding hydrogens is 406 g/mol. The number of aromatic nitrogens is 4. The molecule has 4 rings (SSSR count). The first kappa shape index (κ1) is 21.3. The molecule has 0 atom stereocenters. The highest BCUT2D eigenvalue weighted by Gasteiger charge is 2.22. The topological polar surface area (TPSA) is 95.1 Å². The van der Waals surface area contributed by atoms with E-state index in [1.807, 2.05) is 63.2 Å². The van der Waals surface area contributed by atoms with E-state index in [0.29, 0.717) is 17.9 Å². The van der Waals surface area contributed by atoms with E-state index in [9.17, 15) is 4.79 Å². The molecule has 2 heterocycles. The van der Waals surface area contributed by atoms with Gasteiger partial charge in [0.1, 0.15) is 24.4 Å². The van der Waals surface area contributed by atoms with Crippen molar-refractivity contribution in [2.75, 3.05) is 5.32 Å². The Hall–Kier alpha value is -3.94. The Morgan fingerprint density at radius 2 is 1.91 bits per heavy atom. The van der Waals surface area contributed by atoms with Gasteiger partial charge >= 0.3 is 0 Å². The molecule has 1 N–H and O–H groups in total. The number of hydrogen-bond acceptors (Lipinski definition) is 6. The van der Waals surface area contributed by atoms with E-state index in [-0.39, 0.29) is 18.2 Å². The van der Waals surface area contributed by atoms with Crippen LogP contribution < -0.4 is 10.1 Å². The summed E-state index contributed by atoms with van der Waals surface area (Å²) >= 11 is 0. The van der Waals surface area contributed by atoms with Crippen LogP contribution in [0, 0.1) is 27.7 Å². The molecular formula is C24H25N5O3.